The number of nitrogens with one attached hydrogen (secondary N) is 2. The summed E-state index contributed by atoms with van der Waals surface area (Å²) >= 11 is 0. The standard InChI is InChI=1S/C47H46N6O5/c1-30-43(28-52-23-21-37(22-24-52)53-42-12-5-4-11-40(42)51-47(53)56)57-46(58-44(30)34-15-13-31(29-54)14-16-34)35-19-17-33(18-20-35)36-8-6-7-32(25-36)26-49-45(55)41-27-48-38-9-2-3-10-39(38)50-41/h2-20,25,27,30,37,43-44,46,54H,21-24,26,28-29H2,1H3,(H,49,55)(H,51,56)/t30-,43+,44+,46+/m1/s1. The number of aliphatic hydroxyl groups excluding tert-OH is 1. The molecule has 0 aliphatic carbocycles. The smallest absolute Gasteiger partial charge is 0.326 e. The van der Waals surface area contributed by atoms with Crippen molar-refractivity contribution < 1.29 is 19.4 Å². The van der Waals surface area contributed by atoms with E-state index in [1.165, 1.54) is 6.20 Å². The molecule has 0 unspecified atom stereocenters. The molecule has 9 rings (SSSR count). The van der Waals surface area contributed by atoms with Gasteiger partial charge in [-0.2, -0.15) is 0 Å². The van der Waals surface area contributed by atoms with E-state index < -0.39 is 6.29 Å². The van der Waals surface area contributed by atoms with Crippen LogP contribution in [0.2, 0.25) is 0 Å². The molecule has 2 aliphatic heterocycles. The van der Waals surface area contributed by atoms with E-state index in [4.69, 9.17) is 9.47 Å². The number of rotatable bonds is 10. The van der Waals surface area contributed by atoms with Gasteiger partial charge in [0.15, 0.2) is 6.29 Å². The fourth-order valence-corrected chi connectivity index (χ4v) is 8.41. The molecule has 2 aliphatic rings. The Morgan fingerprint density at radius 2 is 1.57 bits per heavy atom. The van der Waals surface area contributed by atoms with E-state index in [-0.39, 0.29) is 48.1 Å². The number of H-pyrrole nitrogens is 1. The third-order valence-electron chi connectivity index (χ3n) is 11.7. The van der Waals surface area contributed by atoms with Crippen LogP contribution in [-0.2, 0) is 22.6 Å². The fourth-order valence-electron chi connectivity index (χ4n) is 8.41. The lowest BCUT2D eigenvalue weighted by Crippen LogP contribution is -2.47. The molecule has 0 radical (unpaired) electrons. The fraction of sp³-hybridized carbons (Fsp3) is 0.277. The zero-order chi connectivity index (χ0) is 39.6. The SMILES string of the molecule is C[C@@H]1[C@H](CN2CCC(n3c(=O)[nH]c4ccccc43)CC2)O[C@H](c2ccc(-c3cccc(CNC(=O)c4cnc5ccccc5n4)c3)cc2)O[C@@H]1c1ccc(CO)cc1. The Balaban J connectivity index is 0.887. The van der Waals surface area contributed by atoms with E-state index in [0.717, 1.165) is 82.4 Å². The van der Waals surface area contributed by atoms with Crippen LogP contribution in [0.3, 0.4) is 0 Å². The molecule has 5 aromatic carbocycles. The Hall–Kier alpha value is -5.98. The van der Waals surface area contributed by atoms with Crippen molar-refractivity contribution in [2.75, 3.05) is 19.6 Å². The number of carbonyl (C=O) groups is 1. The molecule has 0 saturated carbocycles. The normalized spacial score (nSPS) is 20.4. The van der Waals surface area contributed by atoms with Gasteiger partial charge >= 0.3 is 5.69 Å². The molecule has 294 valence electrons. The van der Waals surface area contributed by atoms with Gasteiger partial charge in [0, 0.05) is 43.7 Å². The number of hydrogen-bond acceptors (Lipinski definition) is 8. The van der Waals surface area contributed by atoms with Gasteiger partial charge in [0.2, 0.25) is 0 Å². The molecule has 58 heavy (non-hydrogen) atoms. The van der Waals surface area contributed by atoms with Crippen LogP contribution in [-0.4, -0.2) is 61.2 Å². The number of aromatic nitrogens is 4. The van der Waals surface area contributed by atoms with Gasteiger partial charge in [0.1, 0.15) is 5.69 Å². The predicted octanol–water partition coefficient (Wildman–Crippen LogP) is 7.49. The van der Waals surface area contributed by atoms with Crippen molar-refractivity contribution in [3.8, 4) is 11.1 Å². The van der Waals surface area contributed by atoms with Crippen LogP contribution < -0.4 is 11.0 Å². The highest BCUT2D eigenvalue weighted by Crippen LogP contribution is 2.42. The van der Waals surface area contributed by atoms with Crippen LogP contribution >= 0.6 is 0 Å². The molecule has 2 saturated heterocycles. The van der Waals surface area contributed by atoms with E-state index in [2.05, 4.69) is 68.5 Å². The zero-order valence-corrected chi connectivity index (χ0v) is 32.3. The highest BCUT2D eigenvalue weighted by Gasteiger charge is 2.39. The Morgan fingerprint density at radius 1 is 0.828 bits per heavy atom. The number of aliphatic hydroxyl groups is 1. The Bertz CT molecular complexity index is 2600. The monoisotopic (exact) mass is 774 g/mol. The molecule has 2 aromatic heterocycles. The van der Waals surface area contributed by atoms with Gasteiger partial charge in [-0.15, -0.1) is 0 Å². The Morgan fingerprint density at radius 3 is 2.36 bits per heavy atom. The van der Waals surface area contributed by atoms with Gasteiger partial charge < -0.3 is 29.8 Å². The minimum Gasteiger partial charge on any atom is -0.392 e. The summed E-state index contributed by atoms with van der Waals surface area (Å²) in [4.78, 5) is 40.2. The zero-order valence-electron chi connectivity index (χ0n) is 32.3. The summed E-state index contributed by atoms with van der Waals surface area (Å²) < 4.78 is 15.5. The van der Waals surface area contributed by atoms with Gasteiger partial charge in [-0.3, -0.25) is 14.3 Å². The molecular weight excluding hydrogens is 729 g/mol. The number of benzene rings is 5. The first-order valence-electron chi connectivity index (χ1n) is 20.0. The van der Waals surface area contributed by atoms with E-state index in [0.29, 0.717) is 12.1 Å². The van der Waals surface area contributed by atoms with Crippen LogP contribution in [0.4, 0.5) is 0 Å². The Labute approximate surface area is 336 Å². The molecule has 0 spiro atoms. The maximum Gasteiger partial charge on any atom is 0.326 e. The maximum atomic E-state index is 12.9. The number of imidazole rings is 1. The van der Waals surface area contributed by atoms with Crippen LogP contribution in [0.15, 0.2) is 132 Å². The molecule has 3 N–H and O–H groups in total. The van der Waals surface area contributed by atoms with Gasteiger partial charge in [0.05, 0.1) is 47.1 Å². The summed E-state index contributed by atoms with van der Waals surface area (Å²) in [6.45, 7) is 5.00. The van der Waals surface area contributed by atoms with Gasteiger partial charge in [0.25, 0.3) is 5.91 Å². The minimum absolute atomic E-state index is 0.0131. The van der Waals surface area contributed by atoms with Crippen LogP contribution in [0.25, 0.3) is 33.2 Å². The topological polar surface area (TPSA) is 135 Å². The molecule has 4 heterocycles. The molecule has 4 atom stereocenters. The third-order valence-corrected chi connectivity index (χ3v) is 11.7. The maximum absolute atomic E-state index is 12.9. The highest BCUT2D eigenvalue weighted by molar-refractivity contribution is 5.93. The average molecular weight is 775 g/mol. The summed E-state index contributed by atoms with van der Waals surface area (Å²) in [6, 6.07) is 40.0. The van der Waals surface area contributed by atoms with Crippen molar-refractivity contribution in [2.45, 2.75) is 57.5 Å². The quantitative estimate of drug-likeness (QED) is 0.130. The summed E-state index contributed by atoms with van der Waals surface area (Å²) in [5, 5.41) is 12.7. The summed E-state index contributed by atoms with van der Waals surface area (Å²) in [6.07, 6.45) is 2.35. The van der Waals surface area contributed by atoms with Gasteiger partial charge in [-0.1, -0.05) is 97.9 Å². The highest BCUT2D eigenvalue weighted by atomic mass is 16.7. The number of amides is 1. The van der Waals surface area contributed by atoms with Crippen molar-refractivity contribution in [3.05, 3.63) is 166 Å². The van der Waals surface area contributed by atoms with Crippen molar-refractivity contribution in [2.24, 2.45) is 5.92 Å². The van der Waals surface area contributed by atoms with E-state index in [1.807, 2.05) is 89.5 Å². The number of ether oxygens (including phenoxy) is 2. The molecule has 1 amide bonds. The second kappa shape index (κ2) is 16.5. The lowest BCUT2D eigenvalue weighted by molar-refractivity contribution is -0.276. The molecule has 7 aromatic rings. The largest absolute Gasteiger partial charge is 0.392 e. The lowest BCUT2D eigenvalue weighted by atomic mass is 9.89. The van der Waals surface area contributed by atoms with Crippen LogP contribution in [0, 0.1) is 5.92 Å². The third kappa shape index (κ3) is 7.81. The molecule has 11 nitrogen and oxygen atoms in total. The molecule has 2 fully saturated rings. The average Bonchev–Trinajstić information content (AvgIpc) is 3.62. The number of likely N-dealkylation sites (tertiary alicyclic amines) is 1. The number of fused-ring (bicyclic) bond motifs is 2. The van der Waals surface area contributed by atoms with E-state index in [1.54, 1.807) is 0 Å². The number of carbonyl (C=O) groups excluding carboxylic acids is 1. The second-order valence-electron chi connectivity index (χ2n) is 15.4. The van der Waals surface area contributed by atoms with Crippen molar-refractivity contribution in [1.29, 1.82) is 0 Å². The van der Waals surface area contributed by atoms with Gasteiger partial charge in [-0.25, -0.2) is 9.78 Å². The van der Waals surface area contributed by atoms with Crippen molar-refractivity contribution in [1.82, 2.24) is 29.7 Å². The number of nitrogens with zero attached hydrogens (tertiary/aromatic N) is 4. The first-order chi connectivity index (χ1) is 28.4. The van der Waals surface area contributed by atoms with Crippen molar-refractivity contribution >= 4 is 28.0 Å². The van der Waals surface area contributed by atoms with Crippen molar-refractivity contribution in [3.63, 3.8) is 0 Å². The van der Waals surface area contributed by atoms with Crippen LogP contribution in [0.5, 0.6) is 0 Å². The number of para-hydroxylation sites is 4. The first-order valence-corrected chi connectivity index (χ1v) is 20.0. The summed E-state index contributed by atoms with van der Waals surface area (Å²) in [5.41, 5.74) is 9.35. The second-order valence-corrected chi connectivity index (χ2v) is 15.4. The number of aromatic amines is 1. The molecule has 11 heteroatoms. The first kappa shape index (κ1) is 37.6. The summed E-state index contributed by atoms with van der Waals surface area (Å²) in [5.74, 6) is -0.219. The summed E-state index contributed by atoms with van der Waals surface area (Å²) in [7, 11) is 0. The number of hydrogen-bond donors (Lipinski definition) is 3. The van der Waals surface area contributed by atoms with E-state index >= 15 is 0 Å². The Kier molecular flexibility index (Phi) is 10.7. The lowest BCUT2D eigenvalue weighted by Gasteiger charge is -2.44. The van der Waals surface area contributed by atoms with Gasteiger partial charge in [-0.05, 0) is 71.0 Å². The number of piperidine rings is 1. The van der Waals surface area contributed by atoms with E-state index in [9.17, 15) is 14.7 Å². The minimum atomic E-state index is -0.583. The molecule has 0 bridgehead atoms. The predicted molar refractivity (Wildman–Crippen MR) is 223 cm³/mol. The molecular formula is C47H46N6O5. The van der Waals surface area contributed by atoms with Crippen LogP contribution in [0.1, 0.15) is 70.9 Å².